The van der Waals surface area contributed by atoms with Crippen molar-refractivity contribution >= 4 is 0 Å². The van der Waals surface area contributed by atoms with Gasteiger partial charge in [0.1, 0.15) is 6.10 Å². The Kier molecular flexibility index (Phi) is 3.57. The number of benzene rings is 1. The smallest absolute Gasteiger partial charge is 0.171 e. The van der Waals surface area contributed by atoms with Gasteiger partial charge in [-0.25, -0.2) is 4.39 Å². The molecule has 1 atom stereocenters. The van der Waals surface area contributed by atoms with Crippen molar-refractivity contribution in [1.82, 2.24) is 9.78 Å². The highest BCUT2D eigenvalue weighted by Gasteiger charge is 2.23. The summed E-state index contributed by atoms with van der Waals surface area (Å²) in [6, 6.07) is 4.73. The predicted octanol–water partition coefficient (Wildman–Crippen LogP) is 2.27. The molecule has 102 valence electrons. The van der Waals surface area contributed by atoms with Gasteiger partial charge in [0.15, 0.2) is 11.6 Å². The maximum Gasteiger partial charge on any atom is 0.171 e. The Balaban J connectivity index is 2.53. The topological polar surface area (TPSA) is 47.3 Å². The first-order valence-corrected chi connectivity index (χ1v) is 5.98. The van der Waals surface area contributed by atoms with Gasteiger partial charge in [0.05, 0.1) is 12.8 Å². The Morgan fingerprint density at radius 3 is 2.58 bits per heavy atom. The van der Waals surface area contributed by atoms with Crippen LogP contribution in [-0.2, 0) is 7.05 Å². The Labute approximate surface area is 111 Å². The summed E-state index contributed by atoms with van der Waals surface area (Å²) < 4.78 is 20.8. The highest BCUT2D eigenvalue weighted by molar-refractivity contribution is 5.39. The van der Waals surface area contributed by atoms with Gasteiger partial charge in [-0.2, -0.15) is 5.10 Å². The first kappa shape index (κ1) is 13.5. The van der Waals surface area contributed by atoms with E-state index in [4.69, 9.17) is 4.74 Å². The van der Waals surface area contributed by atoms with Gasteiger partial charge in [0.2, 0.25) is 0 Å². The van der Waals surface area contributed by atoms with Crippen molar-refractivity contribution in [3.63, 3.8) is 0 Å². The molecule has 5 heteroatoms. The van der Waals surface area contributed by atoms with Crippen LogP contribution in [0.2, 0.25) is 0 Å². The molecule has 1 aromatic heterocycles. The first-order chi connectivity index (χ1) is 8.97. The molecule has 1 N–H and O–H groups in total. The molecule has 1 heterocycles. The van der Waals surface area contributed by atoms with Gasteiger partial charge in [0.25, 0.3) is 0 Å². The van der Waals surface area contributed by atoms with Crippen LogP contribution in [0.4, 0.5) is 4.39 Å². The summed E-state index contributed by atoms with van der Waals surface area (Å²) in [6.07, 6.45) is -1.05. The number of hydrogen-bond acceptors (Lipinski definition) is 3. The fourth-order valence-electron chi connectivity index (χ4n) is 2.24. The summed E-state index contributed by atoms with van der Waals surface area (Å²) >= 11 is 0. The lowest BCUT2D eigenvalue weighted by atomic mass is 9.99. The maximum absolute atomic E-state index is 14.2. The fourth-order valence-corrected chi connectivity index (χ4v) is 2.24. The third-order valence-electron chi connectivity index (χ3n) is 3.35. The van der Waals surface area contributed by atoms with Crippen LogP contribution in [0.15, 0.2) is 18.2 Å². The van der Waals surface area contributed by atoms with Crippen LogP contribution in [0.1, 0.15) is 28.6 Å². The number of aromatic nitrogens is 2. The quantitative estimate of drug-likeness (QED) is 0.925. The van der Waals surface area contributed by atoms with Gasteiger partial charge in [-0.15, -0.1) is 0 Å². The third kappa shape index (κ3) is 2.21. The molecule has 0 bridgehead atoms. The molecule has 0 saturated heterocycles. The Hall–Kier alpha value is -1.88. The first-order valence-electron chi connectivity index (χ1n) is 5.98. The fraction of sp³-hybridized carbons (Fsp3) is 0.357. The van der Waals surface area contributed by atoms with Crippen molar-refractivity contribution in [2.75, 3.05) is 7.11 Å². The number of halogens is 1. The molecule has 0 aliphatic heterocycles. The maximum atomic E-state index is 14.2. The molecule has 0 aliphatic rings. The predicted molar refractivity (Wildman–Crippen MR) is 69.7 cm³/mol. The molecule has 2 rings (SSSR count). The van der Waals surface area contributed by atoms with E-state index in [2.05, 4.69) is 5.10 Å². The average molecular weight is 264 g/mol. The van der Waals surface area contributed by atoms with Gasteiger partial charge in [-0.1, -0.05) is 12.1 Å². The zero-order valence-corrected chi connectivity index (χ0v) is 11.4. The summed E-state index contributed by atoms with van der Waals surface area (Å²) in [5, 5.41) is 14.7. The number of aliphatic hydroxyl groups excluding tert-OH is 1. The number of aryl methyl sites for hydroxylation is 2. The van der Waals surface area contributed by atoms with Gasteiger partial charge >= 0.3 is 0 Å². The lowest BCUT2D eigenvalue weighted by molar-refractivity contribution is 0.211. The zero-order valence-electron chi connectivity index (χ0n) is 11.4. The van der Waals surface area contributed by atoms with E-state index in [0.29, 0.717) is 11.3 Å². The van der Waals surface area contributed by atoms with E-state index in [1.165, 1.54) is 13.2 Å². The molecule has 0 amide bonds. The molecule has 1 unspecified atom stereocenters. The number of hydrogen-bond donors (Lipinski definition) is 1. The highest BCUT2D eigenvalue weighted by atomic mass is 19.1. The van der Waals surface area contributed by atoms with E-state index in [0.717, 1.165) is 5.69 Å². The summed E-state index contributed by atoms with van der Waals surface area (Å²) in [4.78, 5) is 0. The number of nitrogens with zero attached hydrogens (tertiary/aromatic N) is 2. The summed E-state index contributed by atoms with van der Waals surface area (Å²) in [5.74, 6) is -0.420. The van der Waals surface area contributed by atoms with E-state index in [1.54, 1.807) is 30.8 Å². The zero-order chi connectivity index (χ0) is 14.2. The molecule has 0 fully saturated rings. The van der Waals surface area contributed by atoms with Crippen LogP contribution in [-0.4, -0.2) is 22.0 Å². The van der Waals surface area contributed by atoms with Crippen molar-refractivity contribution < 1.29 is 14.2 Å². The van der Waals surface area contributed by atoms with Gasteiger partial charge in [0, 0.05) is 23.9 Å². The van der Waals surface area contributed by atoms with Crippen molar-refractivity contribution in [3.8, 4) is 5.75 Å². The van der Waals surface area contributed by atoms with E-state index >= 15 is 0 Å². The molecular formula is C14H17FN2O2. The number of aliphatic hydroxyl groups is 1. The van der Waals surface area contributed by atoms with E-state index in [1.807, 2.05) is 6.92 Å². The van der Waals surface area contributed by atoms with Crippen molar-refractivity contribution in [3.05, 3.63) is 46.5 Å². The molecule has 0 spiro atoms. The van der Waals surface area contributed by atoms with Gasteiger partial charge in [-0.3, -0.25) is 4.68 Å². The van der Waals surface area contributed by atoms with Crippen molar-refractivity contribution in [1.29, 1.82) is 0 Å². The van der Waals surface area contributed by atoms with Crippen LogP contribution in [0.25, 0.3) is 0 Å². The third-order valence-corrected chi connectivity index (χ3v) is 3.35. The summed E-state index contributed by atoms with van der Waals surface area (Å²) in [7, 11) is 3.19. The molecule has 19 heavy (non-hydrogen) atoms. The second-order valence-corrected chi connectivity index (χ2v) is 4.47. The summed E-state index contributed by atoms with van der Waals surface area (Å²) in [5.41, 5.74) is 2.33. The number of rotatable bonds is 3. The number of methoxy groups -OCH3 is 1. The largest absolute Gasteiger partial charge is 0.494 e. The Morgan fingerprint density at radius 2 is 2.05 bits per heavy atom. The Bertz CT molecular complexity index is 608. The van der Waals surface area contributed by atoms with E-state index < -0.39 is 11.9 Å². The van der Waals surface area contributed by atoms with Crippen LogP contribution in [0.3, 0.4) is 0 Å². The monoisotopic (exact) mass is 264 g/mol. The lowest BCUT2D eigenvalue weighted by Crippen LogP contribution is -2.06. The second-order valence-electron chi connectivity index (χ2n) is 4.47. The number of ether oxygens (including phenoxy) is 1. The van der Waals surface area contributed by atoms with Crippen molar-refractivity contribution in [2.45, 2.75) is 20.0 Å². The highest BCUT2D eigenvalue weighted by Crippen LogP contribution is 2.31. The van der Waals surface area contributed by atoms with Gasteiger partial charge < -0.3 is 9.84 Å². The minimum Gasteiger partial charge on any atom is -0.494 e. The lowest BCUT2D eigenvalue weighted by Gasteiger charge is -2.14. The summed E-state index contributed by atoms with van der Waals surface area (Å²) in [6.45, 7) is 3.64. The van der Waals surface area contributed by atoms with Crippen LogP contribution >= 0.6 is 0 Å². The SMILES string of the molecule is COc1cccc(C(O)c2c(C)nn(C)c2C)c1F. The molecule has 0 aliphatic carbocycles. The van der Waals surface area contributed by atoms with Crippen molar-refractivity contribution in [2.24, 2.45) is 7.05 Å². The standard InChI is InChI=1S/C14H17FN2O2/c1-8-12(9(2)17(3)16-8)14(18)10-6-5-7-11(19-4)13(10)15/h5-7,14,18H,1-4H3. The Morgan fingerprint density at radius 1 is 1.37 bits per heavy atom. The minimum atomic E-state index is -1.05. The minimum absolute atomic E-state index is 0.121. The van der Waals surface area contributed by atoms with Gasteiger partial charge in [-0.05, 0) is 19.9 Å². The van der Waals surface area contributed by atoms with Crippen LogP contribution in [0, 0.1) is 19.7 Å². The molecule has 0 radical (unpaired) electrons. The second kappa shape index (κ2) is 5.01. The molecular weight excluding hydrogens is 247 g/mol. The van der Waals surface area contributed by atoms with E-state index in [-0.39, 0.29) is 11.3 Å². The average Bonchev–Trinajstić information content (AvgIpc) is 2.63. The van der Waals surface area contributed by atoms with Crippen LogP contribution < -0.4 is 4.74 Å². The molecule has 2 aromatic rings. The molecule has 1 aromatic carbocycles. The normalized spacial score (nSPS) is 12.5. The van der Waals surface area contributed by atoms with E-state index in [9.17, 15) is 9.50 Å². The molecule has 4 nitrogen and oxygen atoms in total. The molecule has 0 saturated carbocycles. The van der Waals surface area contributed by atoms with Crippen LogP contribution in [0.5, 0.6) is 5.75 Å².